The van der Waals surface area contributed by atoms with Gasteiger partial charge in [-0.2, -0.15) is 0 Å². The van der Waals surface area contributed by atoms with E-state index in [4.69, 9.17) is 5.84 Å². The van der Waals surface area contributed by atoms with E-state index in [1.165, 1.54) is 29.7 Å². The highest BCUT2D eigenvalue weighted by molar-refractivity contribution is 7.93. The Labute approximate surface area is 114 Å². The number of nitrogens with two attached hydrogens (primary N) is 1. The van der Waals surface area contributed by atoms with Crippen LogP contribution >= 0.6 is 11.3 Å². The quantitative estimate of drug-likeness (QED) is 0.579. The Bertz CT molecular complexity index is 659. The molecule has 0 aliphatic rings. The molecule has 9 heteroatoms. The molecule has 2 rings (SSSR count). The number of nitrogens with one attached hydrogen (secondary N) is 2. The van der Waals surface area contributed by atoms with Crippen molar-refractivity contribution in [3.63, 3.8) is 0 Å². The third-order valence-corrected chi connectivity index (χ3v) is 4.89. The van der Waals surface area contributed by atoms with Crippen LogP contribution in [0.15, 0.2) is 23.2 Å². The van der Waals surface area contributed by atoms with Gasteiger partial charge in [0.25, 0.3) is 10.0 Å². The number of hydrazine groups is 1. The van der Waals surface area contributed by atoms with E-state index < -0.39 is 10.0 Å². The Morgan fingerprint density at radius 2 is 2.05 bits per heavy atom. The summed E-state index contributed by atoms with van der Waals surface area (Å²) >= 11 is 1.29. The van der Waals surface area contributed by atoms with Crippen LogP contribution in [-0.4, -0.2) is 18.4 Å². The number of aryl methyl sites for hydroxylation is 2. The predicted molar refractivity (Wildman–Crippen MR) is 74.4 cm³/mol. The number of nitrogen functional groups attached to an aromatic ring is 1. The lowest BCUT2D eigenvalue weighted by atomic mass is 10.4. The number of anilines is 2. The number of sulfonamides is 1. The second-order valence-corrected chi connectivity index (χ2v) is 6.68. The molecule has 0 radical (unpaired) electrons. The fourth-order valence-electron chi connectivity index (χ4n) is 1.31. The van der Waals surface area contributed by atoms with Crippen molar-refractivity contribution < 1.29 is 8.42 Å². The molecule has 19 heavy (non-hydrogen) atoms. The van der Waals surface area contributed by atoms with Crippen molar-refractivity contribution in [1.29, 1.82) is 0 Å². The summed E-state index contributed by atoms with van der Waals surface area (Å²) in [6.45, 7) is 3.71. The molecule has 2 aromatic rings. The largest absolute Gasteiger partial charge is 0.308 e. The Morgan fingerprint density at radius 3 is 2.53 bits per heavy atom. The summed E-state index contributed by atoms with van der Waals surface area (Å²) in [6.07, 6.45) is 1.23. The predicted octanol–water partition coefficient (Wildman–Crippen LogP) is 1.24. The van der Waals surface area contributed by atoms with E-state index in [2.05, 4.69) is 20.1 Å². The van der Waals surface area contributed by atoms with Crippen molar-refractivity contribution in [1.82, 2.24) is 9.97 Å². The molecular weight excluding hydrogens is 286 g/mol. The second-order valence-electron chi connectivity index (χ2n) is 3.79. The summed E-state index contributed by atoms with van der Waals surface area (Å²) < 4.78 is 26.6. The number of hydrogen-bond acceptors (Lipinski definition) is 7. The van der Waals surface area contributed by atoms with Crippen molar-refractivity contribution >= 4 is 32.3 Å². The zero-order chi connectivity index (χ0) is 14.0. The van der Waals surface area contributed by atoms with E-state index in [1.807, 2.05) is 13.8 Å². The summed E-state index contributed by atoms with van der Waals surface area (Å²) in [5.74, 6) is 5.55. The van der Waals surface area contributed by atoms with Gasteiger partial charge >= 0.3 is 0 Å². The van der Waals surface area contributed by atoms with Crippen LogP contribution in [0.4, 0.5) is 10.9 Å². The molecule has 0 amide bonds. The van der Waals surface area contributed by atoms with Gasteiger partial charge in [-0.25, -0.2) is 24.2 Å². The van der Waals surface area contributed by atoms with Crippen LogP contribution in [0.5, 0.6) is 0 Å². The molecule has 102 valence electrons. The van der Waals surface area contributed by atoms with E-state index in [9.17, 15) is 8.42 Å². The number of rotatable bonds is 4. The lowest BCUT2D eigenvalue weighted by molar-refractivity contribution is 0.601. The normalized spacial score (nSPS) is 11.3. The molecule has 0 atom stereocenters. The molecule has 0 bridgehead atoms. The minimum absolute atomic E-state index is 0.0528. The van der Waals surface area contributed by atoms with Gasteiger partial charge in [-0.05, 0) is 26.0 Å². The third-order valence-electron chi connectivity index (χ3n) is 2.44. The molecule has 0 saturated carbocycles. The van der Waals surface area contributed by atoms with Crippen LogP contribution in [0.2, 0.25) is 0 Å². The van der Waals surface area contributed by atoms with Crippen molar-refractivity contribution in [3.8, 4) is 0 Å². The van der Waals surface area contributed by atoms with Gasteiger partial charge in [0.05, 0.1) is 5.69 Å². The monoisotopic (exact) mass is 299 g/mol. The summed E-state index contributed by atoms with van der Waals surface area (Å²) in [7, 11) is -3.67. The number of nitrogens with zero attached hydrogens (tertiary/aromatic N) is 2. The number of pyridine rings is 1. The molecule has 0 aliphatic carbocycles. The highest BCUT2D eigenvalue weighted by atomic mass is 32.2. The Morgan fingerprint density at radius 1 is 1.32 bits per heavy atom. The first-order valence-corrected chi connectivity index (χ1v) is 7.62. The molecule has 7 nitrogen and oxygen atoms in total. The van der Waals surface area contributed by atoms with Gasteiger partial charge in [-0.1, -0.05) is 0 Å². The van der Waals surface area contributed by atoms with Crippen LogP contribution in [0.3, 0.4) is 0 Å². The van der Waals surface area contributed by atoms with E-state index in [0.717, 1.165) is 10.6 Å². The SMILES string of the molecule is Cc1nc(NS(=O)(=O)c2ccc(NN)nc2)sc1C. The molecule has 0 fully saturated rings. The number of hydrogen-bond donors (Lipinski definition) is 3. The molecule has 2 aromatic heterocycles. The van der Waals surface area contributed by atoms with Gasteiger partial charge < -0.3 is 5.43 Å². The summed E-state index contributed by atoms with van der Waals surface area (Å²) in [4.78, 5) is 9.01. The first-order valence-electron chi connectivity index (χ1n) is 5.32. The number of aromatic nitrogens is 2. The molecule has 0 unspecified atom stereocenters. The average molecular weight is 299 g/mol. The van der Waals surface area contributed by atoms with Gasteiger partial charge in [0.2, 0.25) is 0 Å². The Balaban J connectivity index is 2.26. The zero-order valence-electron chi connectivity index (χ0n) is 10.3. The van der Waals surface area contributed by atoms with Crippen molar-refractivity contribution in [2.24, 2.45) is 5.84 Å². The van der Waals surface area contributed by atoms with Crippen LogP contribution in [0, 0.1) is 13.8 Å². The maximum Gasteiger partial charge on any atom is 0.265 e. The smallest absolute Gasteiger partial charge is 0.265 e. The van der Waals surface area contributed by atoms with E-state index >= 15 is 0 Å². The van der Waals surface area contributed by atoms with Crippen LogP contribution in [-0.2, 0) is 10.0 Å². The molecule has 2 heterocycles. The van der Waals surface area contributed by atoms with Gasteiger partial charge in [0.1, 0.15) is 10.7 Å². The Hall–Kier alpha value is -1.71. The topological polar surface area (TPSA) is 110 Å². The highest BCUT2D eigenvalue weighted by Gasteiger charge is 2.17. The second kappa shape index (κ2) is 5.11. The average Bonchev–Trinajstić information content (AvgIpc) is 2.67. The van der Waals surface area contributed by atoms with Crippen LogP contribution in [0.1, 0.15) is 10.6 Å². The van der Waals surface area contributed by atoms with Gasteiger partial charge in [0.15, 0.2) is 5.13 Å². The van der Waals surface area contributed by atoms with Crippen molar-refractivity contribution in [2.45, 2.75) is 18.7 Å². The summed E-state index contributed by atoms with van der Waals surface area (Å²) in [5.41, 5.74) is 3.14. The van der Waals surface area contributed by atoms with Gasteiger partial charge in [0, 0.05) is 11.1 Å². The summed E-state index contributed by atoms with van der Waals surface area (Å²) in [6, 6.07) is 2.89. The molecule has 0 spiro atoms. The van der Waals surface area contributed by atoms with Crippen molar-refractivity contribution in [2.75, 3.05) is 10.1 Å². The van der Waals surface area contributed by atoms with E-state index in [0.29, 0.717) is 10.9 Å². The van der Waals surface area contributed by atoms with Crippen LogP contribution in [0.25, 0.3) is 0 Å². The molecular formula is C10H13N5O2S2. The van der Waals surface area contributed by atoms with Gasteiger partial charge in [-0.15, -0.1) is 11.3 Å². The maximum atomic E-state index is 12.1. The minimum atomic E-state index is -3.67. The maximum absolute atomic E-state index is 12.1. The zero-order valence-corrected chi connectivity index (χ0v) is 12.0. The fourth-order valence-corrected chi connectivity index (χ4v) is 3.31. The van der Waals surface area contributed by atoms with Gasteiger partial charge in [-0.3, -0.25) is 4.72 Å². The lowest BCUT2D eigenvalue weighted by Gasteiger charge is -2.05. The Kier molecular flexibility index (Phi) is 3.69. The van der Waals surface area contributed by atoms with Crippen molar-refractivity contribution in [3.05, 3.63) is 28.9 Å². The molecule has 0 aromatic carbocycles. The fraction of sp³-hybridized carbons (Fsp3) is 0.200. The third kappa shape index (κ3) is 3.00. The minimum Gasteiger partial charge on any atom is -0.308 e. The van der Waals surface area contributed by atoms with E-state index in [-0.39, 0.29) is 4.90 Å². The number of thiazole rings is 1. The first-order chi connectivity index (χ1) is 8.92. The highest BCUT2D eigenvalue weighted by Crippen LogP contribution is 2.24. The molecule has 0 aliphatic heterocycles. The first kappa shape index (κ1) is 13.7. The van der Waals surface area contributed by atoms with E-state index in [1.54, 1.807) is 0 Å². The standard InChI is InChI=1S/C10H13N5O2S2/c1-6-7(2)18-10(13-6)15-19(16,17)8-3-4-9(14-11)12-5-8/h3-5H,11H2,1-2H3,(H,12,14)(H,13,15). The molecule has 0 saturated heterocycles. The lowest BCUT2D eigenvalue weighted by Crippen LogP contribution is -2.14. The summed E-state index contributed by atoms with van der Waals surface area (Å²) in [5, 5.41) is 0.344. The van der Waals surface area contributed by atoms with Crippen LogP contribution < -0.4 is 16.0 Å². The molecule has 4 N–H and O–H groups in total.